The SMILES string of the molecule is COc1ccc([C@H]2CCCN2C(=O)CCc2c[nH]c3ccccc23)cc1OC. The highest BCUT2D eigenvalue weighted by atomic mass is 16.5. The van der Waals surface area contributed by atoms with Crippen LogP contribution in [0, 0.1) is 0 Å². The van der Waals surface area contributed by atoms with E-state index in [2.05, 4.69) is 17.1 Å². The van der Waals surface area contributed by atoms with Gasteiger partial charge < -0.3 is 19.4 Å². The van der Waals surface area contributed by atoms with Crippen LogP contribution in [0.25, 0.3) is 10.9 Å². The number of nitrogens with one attached hydrogen (secondary N) is 1. The maximum Gasteiger partial charge on any atom is 0.223 e. The summed E-state index contributed by atoms with van der Waals surface area (Å²) in [5.41, 5.74) is 3.43. The first-order valence-corrected chi connectivity index (χ1v) is 9.77. The van der Waals surface area contributed by atoms with Crippen LogP contribution in [0.5, 0.6) is 11.5 Å². The standard InChI is InChI=1S/C23H26N2O3/c1-27-21-11-9-16(14-22(21)28-2)20-8-5-13-25(20)23(26)12-10-17-15-24-19-7-4-3-6-18(17)19/h3-4,6-7,9,11,14-15,20,24H,5,8,10,12-13H2,1-2H3/t20-/m1/s1. The Balaban J connectivity index is 1.48. The fraction of sp³-hybridized carbons (Fsp3) is 0.348. The average Bonchev–Trinajstić information content (AvgIpc) is 3.39. The Hall–Kier alpha value is -2.95. The maximum atomic E-state index is 13.0. The van der Waals surface area contributed by atoms with E-state index in [0.29, 0.717) is 17.9 Å². The van der Waals surface area contributed by atoms with Crippen LogP contribution in [0.1, 0.15) is 36.4 Å². The topological polar surface area (TPSA) is 54.6 Å². The number of rotatable bonds is 6. The number of likely N-dealkylation sites (tertiary alicyclic amines) is 1. The molecule has 5 nitrogen and oxygen atoms in total. The number of methoxy groups -OCH3 is 2. The molecule has 0 radical (unpaired) electrons. The third-order valence-corrected chi connectivity index (χ3v) is 5.65. The summed E-state index contributed by atoms with van der Waals surface area (Å²) in [7, 11) is 3.27. The number of ether oxygens (including phenoxy) is 2. The molecule has 0 bridgehead atoms. The quantitative estimate of drug-likeness (QED) is 0.688. The van der Waals surface area contributed by atoms with E-state index in [9.17, 15) is 4.79 Å². The average molecular weight is 378 g/mol. The highest BCUT2D eigenvalue weighted by Gasteiger charge is 2.30. The molecular formula is C23H26N2O3. The summed E-state index contributed by atoms with van der Waals surface area (Å²) < 4.78 is 10.8. The summed E-state index contributed by atoms with van der Waals surface area (Å²) in [4.78, 5) is 18.3. The molecule has 146 valence electrons. The molecule has 28 heavy (non-hydrogen) atoms. The monoisotopic (exact) mass is 378 g/mol. The molecule has 0 saturated carbocycles. The van der Waals surface area contributed by atoms with Gasteiger partial charge in [-0.2, -0.15) is 0 Å². The summed E-state index contributed by atoms with van der Waals surface area (Å²) in [6.45, 7) is 0.811. The first-order valence-electron chi connectivity index (χ1n) is 9.77. The van der Waals surface area contributed by atoms with Gasteiger partial charge in [0.25, 0.3) is 0 Å². The van der Waals surface area contributed by atoms with Crippen LogP contribution in [-0.2, 0) is 11.2 Å². The lowest BCUT2D eigenvalue weighted by atomic mass is 10.0. The van der Waals surface area contributed by atoms with E-state index in [1.165, 1.54) is 10.9 Å². The number of H-pyrrole nitrogens is 1. The predicted octanol–water partition coefficient (Wildman–Crippen LogP) is 4.48. The number of aromatic nitrogens is 1. The molecule has 1 N–H and O–H groups in total. The fourth-order valence-corrected chi connectivity index (χ4v) is 4.20. The maximum absolute atomic E-state index is 13.0. The van der Waals surface area contributed by atoms with Gasteiger partial charge in [0.1, 0.15) is 0 Å². The van der Waals surface area contributed by atoms with Crippen LogP contribution < -0.4 is 9.47 Å². The van der Waals surface area contributed by atoms with Crippen LogP contribution in [0.3, 0.4) is 0 Å². The zero-order valence-electron chi connectivity index (χ0n) is 16.4. The van der Waals surface area contributed by atoms with Crippen LogP contribution in [0.15, 0.2) is 48.7 Å². The number of hydrogen-bond donors (Lipinski definition) is 1. The number of carbonyl (C=O) groups is 1. The van der Waals surface area contributed by atoms with Crippen LogP contribution in [-0.4, -0.2) is 36.6 Å². The molecule has 3 aromatic rings. The molecular weight excluding hydrogens is 352 g/mol. The number of benzene rings is 2. The third-order valence-electron chi connectivity index (χ3n) is 5.65. The Kier molecular flexibility index (Phi) is 5.24. The molecule has 2 heterocycles. The molecule has 1 amide bonds. The number of carbonyl (C=O) groups excluding carboxylic acids is 1. The van der Waals surface area contributed by atoms with Gasteiger partial charge in [0.15, 0.2) is 11.5 Å². The number of fused-ring (bicyclic) bond motifs is 1. The van der Waals surface area contributed by atoms with Gasteiger partial charge in [0.2, 0.25) is 5.91 Å². The second-order valence-electron chi connectivity index (χ2n) is 7.22. The van der Waals surface area contributed by atoms with Gasteiger partial charge in [-0.25, -0.2) is 0 Å². The van der Waals surface area contributed by atoms with E-state index < -0.39 is 0 Å². The lowest BCUT2D eigenvalue weighted by Gasteiger charge is -2.26. The second kappa shape index (κ2) is 7.97. The molecule has 5 heteroatoms. The summed E-state index contributed by atoms with van der Waals surface area (Å²) in [5.74, 6) is 1.63. The highest BCUT2D eigenvalue weighted by Crippen LogP contribution is 2.37. The van der Waals surface area contributed by atoms with Gasteiger partial charge in [-0.1, -0.05) is 24.3 Å². The molecule has 1 aliphatic heterocycles. The Morgan fingerprint density at radius 1 is 1.14 bits per heavy atom. The molecule has 0 aliphatic carbocycles. The van der Waals surface area contributed by atoms with Gasteiger partial charge >= 0.3 is 0 Å². The van der Waals surface area contributed by atoms with Gasteiger partial charge in [-0.05, 0) is 48.6 Å². The van der Waals surface area contributed by atoms with Gasteiger partial charge in [-0.15, -0.1) is 0 Å². The van der Waals surface area contributed by atoms with Crippen molar-refractivity contribution >= 4 is 16.8 Å². The molecule has 4 rings (SSSR count). The van der Waals surface area contributed by atoms with Crippen molar-refractivity contribution in [3.8, 4) is 11.5 Å². The van der Waals surface area contributed by atoms with Crippen molar-refractivity contribution in [1.29, 1.82) is 0 Å². The molecule has 1 aromatic heterocycles. The summed E-state index contributed by atoms with van der Waals surface area (Å²) in [6.07, 6.45) is 5.30. The summed E-state index contributed by atoms with van der Waals surface area (Å²) >= 11 is 0. The smallest absolute Gasteiger partial charge is 0.223 e. The number of nitrogens with zero attached hydrogens (tertiary/aromatic N) is 1. The van der Waals surface area contributed by atoms with Crippen LogP contribution >= 0.6 is 0 Å². The first-order chi connectivity index (χ1) is 13.7. The van der Waals surface area contributed by atoms with Gasteiger partial charge in [-0.3, -0.25) is 4.79 Å². The van der Waals surface area contributed by atoms with Crippen molar-refractivity contribution in [3.05, 3.63) is 59.8 Å². The lowest BCUT2D eigenvalue weighted by Crippen LogP contribution is -2.30. The number of hydrogen-bond acceptors (Lipinski definition) is 3. The van der Waals surface area contributed by atoms with Crippen molar-refractivity contribution in [2.45, 2.75) is 31.7 Å². The molecule has 0 spiro atoms. The largest absolute Gasteiger partial charge is 0.493 e. The second-order valence-corrected chi connectivity index (χ2v) is 7.22. The zero-order valence-corrected chi connectivity index (χ0v) is 16.4. The lowest BCUT2D eigenvalue weighted by molar-refractivity contribution is -0.132. The Labute approximate surface area is 165 Å². The van der Waals surface area contributed by atoms with E-state index in [1.54, 1.807) is 14.2 Å². The van der Waals surface area contributed by atoms with Crippen molar-refractivity contribution in [3.63, 3.8) is 0 Å². The highest BCUT2D eigenvalue weighted by molar-refractivity contribution is 5.84. The molecule has 2 aromatic carbocycles. The van der Waals surface area contributed by atoms with Gasteiger partial charge in [0, 0.05) is 30.1 Å². The number of aryl methyl sites for hydroxylation is 1. The Morgan fingerprint density at radius 2 is 1.96 bits per heavy atom. The Bertz CT molecular complexity index is 979. The first kappa shape index (κ1) is 18.4. The van der Waals surface area contributed by atoms with E-state index in [-0.39, 0.29) is 11.9 Å². The number of amides is 1. The fourth-order valence-electron chi connectivity index (χ4n) is 4.20. The van der Waals surface area contributed by atoms with E-state index in [4.69, 9.17) is 9.47 Å². The third kappa shape index (κ3) is 3.44. The van der Waals surface area contributed by atoms with E-state index in [1.807, 2.05) is 41.4 Å². The summed E-state index contributed by atoms with van der Waals surface area (Å²) in [6, 6.07) is 14.3. The predicted molar refractivity (Wildman–Crippen MR) is 110 cm³/mol. The molecule has 1 aliphatic rings. The van der Waals surface area contributed by atoms with Crippen molar-refractivity contribution in [2.75, 3.05) is 20.8 Å². The number of aromatic amines is 1. The minimum Gasteiger partial charge on any atom is -0.493 e. The Morgan fingerprint density at radius 3 is 2.79 bits per heavy atom. The van der Waals surface area contributed by atoms with E-state index in [0.717, 1.165) is 36.9 Å². The van der Waals surface area contributed by atoms with Crippen molar-refractivity contribution in [1.82, 2.24) is 9.88 Å². The van der Waals surface area contributed by atoms with Crippen LogP contribution in [0.4, 0.5) is 0 Å². The molecule has 1 saturated heterocycles. The summed E-state index contributed by atoms with van der Waals surface area (Å²) in [5, 5.41) is 1.20. The minimum absolute atomic E-state index is 0.107. The van der Waals surface area contributed by atoms with E-state index >= 15 is 0 Å². The normalized spacial score (nSPS) is 16.5. The zero-order chi connectivity index (χ0) is 19.5. The molecule has 1 atom stereocenters. The van der Waals surface area contributed by atoms with Crippen LogP contribution in [0.2, 0.25) is 0 Å². The van der Waals surface area contributed by atoms with Crippen molar-refractivity contribution < 1.29 is 14.3 Å². The number of para-hydroxylation sites is 1. The van der Waals surface area contributed by atoms with Gasteiger partial charge in [0.05, 0.1) is 20.3 Å². The molecule has 1 fully saturated rings. The minimum atomic E-state index is 0.107. The molecule has 0 unspecified atom stereocenters. The van der Waals surface area contributed by atoms with Crippen molar-refractivity contribution in [2.24, 2.45) is 0 Å².